The lowest BCUT2D eigenvalue weighted by Crippen LogP contribution is -2.23. The first-order chi connectivity index (χ1) is 14.5. The van der Waals surface area contributed by atoms with Gasteiger partial charge < -0.3 is 15.3 Å². The molecular formula is C24H23N3O3. The lowest BCUT2D eigenvalue weighted by molar-refractivity contribution is 0.0697. The van der Waals surface area contributed by atoms with Gasteiger partial charge in [0, 0.05) is 24.6 Å². The van der Waals surface area contributed by atoms with Crippen LogP contribution >= 0.6 is 0 Å². The van der Waals surface area contributed by atoms with Crippen LogP contribution in [-0.2, 0) is 0 Å². The number of carboxylic acids is 1. The predicted octanol–water partition coefficient (Wildman–Crippen LogP) is 4.33. The van der Waals surface area contributed by atoms with E-state index in [1.165, 1.54) is 17.8 Å². The van der Waals surface area contributed by atoms with E-state index in [2.05, 4.69) is 22.4 Å². The molecule has 3 aromatic rings. The molecule has 1 fully saturated rings. The van der Waals surface area contributed by atoms with E-state index in [1.807, 2.05) is 42.2 Å². The molecule has 0 spiro atoms. The molecule has 1 aliphatic rings. The van der Waals surface area contributed by atoms with Crippen molar-refractivity contribution in [1.29, 1.82) is 0 Å². The molecule has 0 unspecified atom stereocenters. The number of pyridine rings is 1. The van der Waals surface area contributed by atoms with Crippen LogP contribution in [-0.4, -0.2) is 35.1 Å². The van der Waals surface area contributed by atoms with Crippen molar-refractivity contribution >= 4 is 23.4 Å². The fourth-order valence-corrected chi connectivity index (χ4v) is 3.79. The third-order valence-electron chi connectivity index (χ3n) is 5.43. The number of nitrogens with one attached hydrogen (secondary N) is 1. The minimum absolute atomic E-state index is 0.0883. The SMILES string of the molecule is Cc1ccc(C(=O)Nc2cnc(N3CC[C@H](c4ccccc4)C3)c(C(=O)O)c2)cc1. The van der Waals surface area contributed by atoms with Crippen molar-refractivity contribution in [3.8, 4) is 0 Å². The van der Waals surface area contributed by atoms with Gasteiger partial charge in [0.15, 0.2) is 0 Å². The van der Waals surface area contributed by atoms with Crippen molar-refractivity contribution in [2.24, 2.45) is 0 Å². The van der Waals surface area contributed by atoms with Gasteiger partial charge in [0.2, 0.25) is 0 Å². The van der Waals surface area contributed by atoms with Crippen LogP contribution in [0.4, 0.5) is 11.5 Å². The lowest BCUT2D eigenvalue weighted by atomic mass is 9.99. The standard InChI is InChI=1S/C24H23N3O3/c1-16-7-9-18(10-8-16)23(28)26-20-13-21(24(29)30)22(25-14-20)27-12-11-19(15-27)17-5-3-2-4-6-17/h2-10,13-14,19H,11-12,15H2,1H3,(H,26,28)(H,29,30)/t19-/m0/s1. The zero-order valence-corrected chi connectivity index (χ0v) is 16.7. The largest absolute Gasteiger partial charge is 0.478 e. The molecule has 4 rings (SSSR count). The van der Waals surface area contributed by atoms with Crippen molar-refractivity contribution in [3.05, 3.63) is 89.1 Å². The molecule has 1 amide bonds. The monoisotopic (exact) mass is 401 g/mol. The van der Waals surface area contributed by atoms with Crippen LogP contribution in [0.5, 0.6) is 0 Å². The second kappa shape index (κ2) is 8.37. The summed E-state index contributed by atoms with van der Waals surface area (Å²) in [7, 11) is 0. The van der Waals surface area contributed by atoms with Gasteiger partial charge in [0.1, 0.15) is 11.4 Å². The summed E-state index contributed by atoms with van der Waals surface area (Å²) >= 11 is 0. The third-order valence-corrected chi connectivity index (χ3v) is 5.43. The Hall–Kier alpha value is -3.67. The maximum Gasteiger partial charge on any atom is 0.339 e. The minimum atomic E-state index is -1.06. The smallest absolute Gasteiger partial charge is 0.339 e. The number of carbonyl (C=O) groups is 2. The molecule has 0 aliphatic carbocycles. The zero-order chi connectivity index (χ0) is 21.1. The summed E-state index contributed by atoms with van der Waals surface area (Å²) in [5.74, 6) is -0.580. The van der Waals surface area contributed by atoms with E-state index in [0.29, 0.717) is 29.5 Å². The van der Waals surface area contributed by atoms with E-state index in [9.17, 15) is 14.7 Å². The summed E-state index contributed by atoms with van der Waals surface area (Å²) in [4.78, 5) is 30.8. The Bertz CT molecular complexity index is 1060. The Morgan fingerprint density at radius 3 is 2.53 bits per heavy atom. The number of anilines is 2. The minimum Gasteiger partial charge on any atom is -0.478 e. The van der Waals surface area contributed by atoms with Gasteiger partial charge in [-0.25, -0.2) is 9.78 Å². The number of hydrogen-bond donors (Lipinski definition) is 2. The van der Waals surface area contributed by atoms with Gasteiger partial charge in [-0.05, 0) is 37.1 Å². The van der Waals surface area contributed by atoms with Gasteiger partial charge in [-0.2, -0.15) is 0 Å². The average molecular weight is 401 g/mol. The van der Waals surface area contributed by atoms with Crippen LogP contribution in [0.3, 0.4) is 0 Å². The Balaban J connectivity index is 1.53. The van der Waals surface area contributed by atoms with Gasteiger partial charge in [-0.3, -0.25) is 4.79 Å². The second-order valence-corrected chi connectivity index (χ2v) is 7.56. The Labute approximate surface area is 175 Å². The number of hydrogen-bond acceptors (Lipinski definition) is 4. The van der Waals surface area contributed by atoms with Crippen LogP contribution in [0.1, 0.15) is 44.2 Å². The highest BCUT2D eigenvalue weighted by atomic mass is 16.4. The number of aromatic nitrogens is 1. The van der Waals surface area contributed by atoms with Gasteiger partial charge in [0.05, 0.1) is 11.9 Å². The van der Waals surface area contributed by atoms with E-state index >= 15 is 0 Å². The number of carboxylic acid groups (broad SMARTS) is 1. The molecule has 1 aliphatic heterocycles. The van der Waals surface area contributed by atoms with E-state index in [0.717, 1.165) is 18.5 Å². The van der Waals surface area contributed by atoms with Crippen molar-refractivity contribution < 1.29 is 14.7 Å². The maximum atomic E-state index is 12.5. The van der Waals surface area contributed by atoms with E-state index < -0.39 is 5.97 Å². The first-order valence-corrected chi connectivity index (χ1v) is 9.92. The highest BCUT2D eigenvalue weighted by molar-refractivity contribution is 6.05. The molecule has 2 aromatic carbocycles. The Kier molecular flexibility index (Phi) is 5.48. The second-order valence-electron chi connectivity index (χ2n) is 7.56. The quantitative estimate of drug-likeness (QED) is 0.665. The van der Waals surface area contributed by atoms with Gasteiger partial charge in [0.25, 0.3) is 5.91 Å². The van der Waals surface area contributed by atoms with Crippen molar-refractivity contribution in [3.63, 3.8) is 0 Å². The summed E-state index contributed by atoms with van der Waals surface area (Å²) in [6, 6.07) is 18.9. The number of carbonyl (C=O) groups excluding carboxylic acids is 1. The molecule has 1 aromatic heterocycles. The third kappa shape index (κ3) is 4.17. The predicted molar refractivity (Wildman–Crippen MR) is 116 cm³/mol. The summed E-state index contributed by atoms with van der Waals surface area (Å²) in [5, 5.41) is 12.5. The number of rotatable bonds is 5. The highest BCUT2D eigenvalue weighted by Gasteiger charge is 2.28. The molecule has 1 saturated heterocycles. The fraction of sp³-hybridized carbons (Fsp3) is 0.208. The molecule has 1 atom stereocenters. The number of nitrogens with zero attached hydrogens (tertiary/aromatic N) is 2. The van der Waals surface area contributed by atoms with Gasteiger partial charge >= 0.3 is 5.97 Å². The molecular weight excluding hydrogens is 378 g/mol. The van der Waals surface area contributed by atoms with Crippen molar-refractivity contribution in [1.82, 2.24) is 4.98 Å². The van der Waals surface area contributed by atoms with Crippen molar-refractivity contribution in [2.75, 3.05) is 23.3 Å². The summed E-state index contributed by atoms with van der Waals surface area (Å²) in [6.07, 6.45) is 2.46. The highest BCUT2D eigenvalue weighted by Crippen LogP contribution is 2.32. The molecule has 0 radical (unpaired) electrons. The summed E-state index contributed by atoms with van der Waals surface area (Å²) in [6.45, 7) is 3.40. The van der Waals surface area contributed by atoms with Crippen LogP contribution in [0.2, 0.25) is 0 Å². The molecule has 0 bridgehead atoms. The average Bonchev–Trinajstić information content (AvgIpc) is 3.25. The lowest BCUT2D eigenvalue weighted by Gasteiger charge is -2.20. The van der Waals surface area contributed by atoms with E-state index in [4.69, 9.17) is 0 Å². The van der Waals surface area contributed by atoms with Crippen LogP contribution in [0.25, 0.3) is 0 Å². The normalized spacial score (nSPS) is 15.8. The molecule has 2 N–H and O–H groups in total. The van der Waals surface area contributed by atoms with Crippen LogP contribution < -0.4 is 10.2 Å². The molecule has 152 valence electrons. The summed E-state index contributed by atoms with van der Waals surface area (Å²) < 4.78 is 0. The molecule has 2 heterocycles. The number of amides is 1. The maximum absolute atomic E-state index is 12.5. The molecule has 6 heteroatoms. The van der Waals surface area contributed by atoms with E-state index in [-0.39, 0.29) is 11.5 Å². The first kappa shape index (κ1) is 19.6. The zero-order valence-electron chi connectivity index (χ0n) is 16.7. The number of aryl methyl sites for hydroxylation is 1. The number of aromatic carboxylic acids is 1. The molecule has 6 nitrogen and oxygen atoms in total. The summed E-state index contributed by atoms with van der Waals surface area (Å²) in [5.41, 5.74) is 3.27. The topological polar surface area (TPSA) is 82.5 Å². The number of benzene rings is 2. The van der Waals surface area contributed by atoms with Gasteiger partial charge in [-0.15, -0.1) is 0 Å². The van der Waals surface area contributed by atoms with Crippen LogP contribution in [0.15, 0.2) is 66.9 Å². The fourth-order valence-electron chi connectivity index (χ4n) is 3.79. The first-order valence-electron chi connectivity index (χ1n) is 9.92. The Morgan fingerprint density at radius 1 is 1.10 bits per heavy atom. The van der Waals surface area contributed by atoms with Gasteiger partial charge in [-0.1, -0.05) is 48.0 Å². The van der Waals surface area contributed by atoms with E-state index in [1.54, 1.807) is 12.1 Å². The van der Waals surface area contributed by atoms with Crippen molar-refractivity contribution in [2.45, 2.75) is 19.3 Å². The molecule has 0 saturated carbocycles. The Morgan fingerprint density at radius 2 is 1.83 bits per heavy atom. The molecule has 30 heavy (non-hydrogen) atoms. The van der Waals surface area contributed by atoms with Crippen LogP contribution in [0, 0.1) is 6.92 Å².